The van der Waals surface area contributed by atoms with Gasteiger partial charge < -0.3 is 9.47 Å². The molecular weight excluding hydrogens is 363 g/mol. The number of hydrogen-bond acceptors (Lipinski definition) is 5. The molecule has 1 atom stereocenters. The fourth-order valence-electron chi connectivity index (χ4n) is 2.50. The van der Waals surface area contributed by atoms with E-state index in [-0.39, 0.29) is 18.0 Å². The van der Waals surface area contributed by atoms with Gasteiger partial charge in [0, 0.05) is 12.2 Å². The first-order valence-electron chi connectivity index (χ1n) is 7.76. The van der Waals surface area contributed by atoms with Crippen LogP contribution in [0.15, 0.2) is 53.4 Å². The fraction of sp³-hybridized carbons (Fsp3) is 0.235. The van der Waals surface area contributed by atoms with E-state index in [2.05, 4.69) is 4.72 Å². The van der Waals surface area contributed by atoms with E-state index in [1.165, 1.54) is 48.4 Å². The van der Waals surface area contributed by atoms with Crippen LogP contribution in [0.1, 0.15) is 0 Å². The second-order valence-electron chi connectivity index (χ2n) is 5.62. The van der Waals surface area contributed by atoms with Crippen molar-refractivity contribution in [1.29, 1.82) is 0 Å². The average molecular weight is 380 g/mol. The second-order valence-corrected chi connectivity index (χ2v) is 7.39. The van der Waals surface area contributed by atoms with E-state index in [9.17, 15) is 17.6 Å². The number of anilines is 1. The van der Waals surface area contributed by atoms with Crippen LogP contribution in [0.2, 0.25) is 0 Å². The van der Waals surface area contributed by atoms with E-state index in [4.69, 9.17) is 9.47 Å². The first-order valence-corrected chi connectivity index (χ1v) is 9.25. The number of hydrogen-bond donors (Lipinski definition) is 1. The Balaban J connectivity index is 1.62. The molecule has 9 heteroatoms. The third-order valence-corrected chi connectivity index (χ3v) is 5.32. The van der Waals surface area contributed by atoms with E-state index >= 15 is 0 Å². The lowest BCUT2D eigenvalue weighted by molar-refractivity contribution is 0.143. The zero-order chi connectivity index (χ0) is 18.7. The molecule has 1 N–H and O–H groups in total. The standard InChI is InChI=1S/C17H17FN2O5S/c1-24-14-6-8-16(9-7-14)26(22,23)19-10-15-11-20(17(21)25-15)13-4-2-12(18)3-5-13/h2-9,15,19H,10-11H2,1H3. The van der Waals surface area contributed by atoms with Crippen LogP contribution >= 0.6 is 0 Å². The summed E-state index contributed by atoms with van der Waals surface area (Å²) < 4.78 is 50.2. The van der Waals surface area contributed by atoms with Crippen molar-refractivity contribution in [1.82, 2.24) is 4.72 Å². The molecule has 1 aliphatic heterocycles. The third-order valence-electron chi connectivity index (χ3n) is 3.88. The maximum atomic E-state index is 13.0. The molecule has 0 saturated carbocycles. The maximum Gasteiger partial charge on any atom is 0.414 e. The molecule has 138 valence electrons. The summed E-state index contributed by atoms with van der Waals surface area (Å²) in [5, 5.41) is 0. The topological polar surface area (TPSA) is 84.9 Å². The number of carbonyl (C=O) groups is 1. The minimum Gasteiger partial charge on any atom is -0.497 e. The number of sulfonamides is 1. The molecule has 0 spiro atoms. The lowest BCUT2D eigenvalue weighted by Gasteiger charge is -2.13. The summed E-state index contributed by atoms with van der Waals surface area (Å²) in [7, 11) is -2.25. The summed E-state index contributed by atoms with van der Waals surface area (Å²) in [5.74, 6) is 0.133. The Labute approximate surface area is 150 Å². The van der Waals surface area contributed by atoms with E-state index in [0.29, 0.717) is 11.4 Å². The molecule has 1 saturated heterocycles. The Morgan fingerprint density at radius 3 is 2.46 bits per heavy atom. The SMILES string of the molecule is COc1ccc(S(=O)(=O)NCC2CN(c3ccc(F)cc3)C(=O)O2)cc1. The van der Waals surface area contributed by atoms with Gasteiger partial charge in [-0.15, -0.1) is 0 Å². The van der Waals surface area contributed by atoms with Crippen LogP contribution in [-0.2, 0) is 14.8 Å². The number of rotatable bonds is 6. The van der Waals surface area contributed by atoms with Crippen molar-refractivity contribution < 1.29 is 27.1 Å². The molecule has 2 aromatic carbocycles. The highest BCUT2D eigenvalue weighted by Crippen LogP contribution is 2.22. The van der Waals surface area contributed by atoms with Crippen LogP contribution in [0, 0.1) is 5.82 Å². The van der Waals surface area contributed by atoms with Gasteiger partial charge in [0.05, 0.1) is 18.6 Å². The van der Waals surface area contributed by atoms with Crippen LogP contribution in [0.4, 0.5) is 14.9 Å². The lowest BCUT2D eigenvalue weighted by atomic mass is 10.2. The highest BCUT2D eigenvalue weighted by molar-refractivity contribution is 7.89. The van der Waals surface area contributed by atoms with Gasteiger partial charge in [-0.25, -0.2) is 22.3 Å². The Bertz CT molecular complexity index is 884. The molecule has 3 rings (SSSR count). The molecule has 0 radical (unpaired) electrons. The lowest BCUT2D eigenvalue weighted by Crippen LogP contribution is -2.34. The molecule has 0 aliphatic carbocycles. The largest absolute Gasteiger partial charge is 0.497 e. The molecule has 1 aliphatic rings. The Morgan fingerprint density at radius 1 is 1.19 bits per heavy atom. The number of carbonyl (C=O) groups excluding carboxylic acids is 1. The second kappa shape index (κ2) is 7.30. The molecular formula is C17H17FN2O5S. The molecule has 7 nitrogen and oxygen atoms in total. The van der Waals surface area contributed by atoms with Gasteiger partial charge in [0.25, 0.3) is 0 Å². The van der Waals surface area contributed by atoms with Gasteiger partial charge in [-0.05, 0) is 48.5 Å². The Kier molecular flexibility index (Phi) is 5.10. The molecule has 26 heavy (non-hydrogen) atoms. The van der Waals surface area contributed by atoms with Crippen molar-refractivity contribution in [3.8, 4) is 5.75 Å². The number of methoxy groups -OCH3 is 1. The van der Waals surface area contributed by atoms with Crippen LogP contribution in [0.5, 0.6) is 5.75 Å². The molecule has 2 aromatic rings. The van der Waals surface area contributed by atoms with Crippen LogP contribution < -0.4 is 14.4 Å². The Hall–Kier alpha value is -2.65. The molecule has 0 aromatic heterocycles. The van der Waals surface area contributed by atoms with E-state index in [1.807, 2.05) is 0 Å². The zero-order valence-corrected chi connectivity index (χ0v) is 14.7. The third kappa shape index (κ3) is 3.94. The van der Waals surface area contributed by atoms with Crippen LogP contribution in [0.25, 0.3) is 0 Å². The monoisotopic (exact) mass is 380 g/mol. The van der Waals surface area contributed by atoms with E-state index in [0.717, 1.165) is 0 Å². The van der Waals surface area contributed by atoms with Gasteiger partial charge in [0.2, 0.25) is 10.0 Å². The van der Waals surface area contributed by atoms with Crippen molar-refractivity contribution in [2.75, 3.05) is 25.1 Å². The Morgan fingerprint density at radius 2 is 1.85 bits per heavy atom. The van der Waals surface area contributed by atoms with E-state index in [1.54, 1.807) is 12.1 Å². The van der Waals surface area contributed by atoms with Gasteiger partial charge in [0.1, 0.15) is 17.7 Å². The average Bonchev–Trinajstić information content (AvgIpc) is 3.02. The van der Waals surface area contributed by atoms with Gasteiger partial charge in [0.15, 0.2) is 0 Å². The van der Waals surface area contributed by atoms with Gasteiger partial charge >= 0.3 is 6.09 Å². The van der Waals surface area contributed by atoms with Crippen molar-refractivity contribution in [2.45, 2.75) is 11.0 Å². The van der Waals surface area contributed by atoms with Crippen LogP contribution in [0.3, 0.4) is 0 Å². The highest BCUT2D eigenvalue weighted by atomic mass is 32.2. The number of halogens is 1. The van der Waals surface area contributed by atoms with Gasteiger partial charge in [-0.2, -0.15) is 0 Å². The minimum absolute atomic E-state index is 0.0716. The summed E-state index contributed by atoms with van der Waals surface area (Å²) in [4.78, 5) is 13.4. The molecule has 1 heterocycles. The number of ether oxygens (including phenoxy) is 2. The van der Waals surface area contributed by atoms with E-state index < -0.39 is 28.0 Å². The quantitative estimate of drug-likeness (QED) is 0.830. The summed E-state index contributed by atoms with van der Waals surface area (Å²) in [6, 6.07) is 11.3. The van der Waals surface area contributed by atoms with Crippen molar-refractivity contribution >= 4 is 21.8 Å². The summed E-state index contributed by atoms with van der Waals surface area (Å²) in [6.07, 6.45) is -1.26. The molecule has 1 amide bonds. The maximum absolute atomic E-state index is 13.0. The first kappa shape index (κ1) is 18.2. The normalized spacial score (nSPS) is 17.2. The predicted molar refractivity (Wildman–Crippen MR) is 92.2 cm³/mol. The number of amides is 1. The minimum atomic E-state index is -3.74. The number of nitrogens with zero attached hydrogens (tertiary/aromatic N) is 1. The number of benzene rings is 2. The highest BCUT2D eigenvalue weighted by Gasteiger charge is 2.33. The first-order chi connectivity index (χ1) is 12.4. The predicted octanol–water partition coefficient (Wildman–Crippen LogP) is 2.14. The molecule has 0 bridgehead atoms. The number of nitrogens with one attached hydrogen (secondary N) is 1. The van der Waals surface area contributed by atoms with Gasteiger partial charge in [-0.3, -0.25) is 4.90 Å². The fourth-order valence-corrected chi connectivity index (χ4v) is 3.57. The van der Waals surface area contributed by atoms with Crippen molar-refractivity contribution in [3.05, 3.63) is 54.3 Å². The van der Waals surface area contributed by atoms with Crippen molar-refractivity contribution in [2.24, 2.45) is 0 Å². The van der Waals surface area contributed by atoms with Crippen LogP contribution in [-0.4, -0.2) is 40.8 Å². The number of cyclic esters (lactones) is 1. The smallest absolute Gasteiger partial charge is 0.414 e. The van der Waals surface area contributed by atoms with Gasteiger partial charge in [-0.1, -0.05) is 0 Å². The summed E-state index contributed by atoms with van der Waals surface area (Å²) in [6.45, 7) is 0.0907. The zero-order valence-electron chi connectivity index (χ0n) is 13.9. The van der Waals surface area contributed by atoms with Crippen molar-refractivity contribution in [3.63, 3.8) is 0 Å². The summed E-state index contributed by atoms with van der Waals surface area (Å²) >= 11 is 0. The summed E-state index contributed by atoms with van der Waals surface area (Å²) in [5.41, 5.74) is 0.483. The molecule has 1 unspecified atom stereocenters. The molecule has 1 fully saturated rings.